The maximum absolute atomic E-state index is 9.11. The van der Waals surface area contributed by atoms with Crippen LogP contribution < -0.4 is 5.73 Å². The van der Waals surface area contributed by atoms with Crippen molar-refractivity contribution in [2.45, 2.75) is 13.5 Å². The molecule has 20 heavy (non-hydrogen) atoms. The Labute approximate surface area is 116 Å². The van der Waals surface area contributed by atoms with Crippen LogP contribution >= 0.6 is 0 Å². The lowest BCUT2D eigenvalue weighted by atomic mass is 10.2. The molecule has 0 aliphatic carbocycles. The number of fused-ring (bicyclic) bond motifs is 1. The number of benzene rings is 1. The number of para-hydroxylation sites is 1. The number of aromatic nitrogens is 3. The van der Waals surface area contributed by atoms with Gasteiger partial charge in [-0.1, -0.05) is 12.1 Å². The van der Waals surface area contributed by atoms with Crippen LogP contribution in [0.5, 0.6) is 0 Å². The van der Waals surface area contributed by atoms with Gasteiger partial charge in [-0.2, -0.15) is 5.26 Å². The zero-order valence-electron chi connectivity index (χ0n) is 11.0. The molecule has 0 aliphatic heterocycles. The fourth-order valence-corrected chi connectivity index (χ4v) is 2.27. The molecule has 2 N–H and O–H groups in total. The quantitative estimate of drug-likeness (QED) is 0.768. The van der Waals surface area contributed by atoms with E-state index in [2.05, 4.69) is 16.0 Å². The van der Waals surface area contributed by atoms with Gasteiger partial charge in [-0.05, 0) is 31.2 Å². The topological polar surface area (TPSA) is 80.5 Å². The van der Waals surface area contributed by atoms with Crippen molar-refractivity contribution >= 4 is 17.0 Å². The van der Waals surface area contributed by atoms with E-state index in [1.54, 1.807) is 6.07 Å². The molecule has 0 saturated heterocycles. The molecular weight excluding hydrogens is 250 g/mol. The Bertz CT molecular complexity index is 826. The molecule has 0 bridgehead atoms. The number of pyridine rings is 1. The minimum atomic E-state index is 0.394. The lowest BCUT2D eigenvalue weighted by Gasteiger charge is -2.06. The molecule has 1 aromatic carbocycles. The largest absolute Gasteiger partial charge is 0.369 e. The monoisotopic (exact) mass is 263 g/mol. The third kappa shape index (κ3) is 1.97. The average molecular weight is 263 g/mol. The second-order valence-corrected chi connectivity index (χ2v) is 4.61. The number of nitriles is 1. The average Bonchev–Trinajstić information content (AvgIpc) is 2.75. The number of nitrogens with zero attached hydrogens (tertiary/aromatic N) is 4. The summed E-state index contributed by atoms with van der Waals surface area (Å²) in [7, 11) is 0. The van der Waals surface area contributed by atoms with Crippen LogP contribution in [0, 0.1) is 18.3 Å². The summed E-state index contributed by atoms with van der Waals surface area (Å²) in [5, 5.41) is 9.11. The van der Waals surface area contributed by atoms with Crippen LogP contribution in [0.3, 0.4) is 0 Å². The Balaban J connectivity index is 2.13. The molecule has 0 unspecified atom stereocenters. The van der Waals surface area contributed by atoms with Crippen LogP contribution in [0.25, 0.3) is 11.0 Å². The standard InChI is InChI=1S/C15H13N5/c1-10-4-2-6-12(18-10)9-20-13-7-3-5-11(8-16)14(13)19-15(20)17/h2-7H,9H2,1H3,(H2,17,19). The van der Waals surface area contributed by atoms with E-state index < -0.39 is 0 Å². The number of hydrogen-bond acceptors (Lipinski definition) is 4. The van der Waals surface area contributed by atoms with E-state index in [0.29, 0.717) is 23.6 Å². The van der Waals surface area contributed by atoms with E-state index in [9.17, 15) is 0 Å². The summed E-state index contributed by atoms with van der Waals surface area (Å²) >= 11 is 0. The molecular formula is C15H13N5. The Kier molecular flexibility index (Phi) is 2.84. The molecule has 98 valence electrons. The van der Waals surface area contributed by atoms with Crippen LogP contribution in [0.1, 0.15) is 17.0 Å². The van der Waals surface area contributed by atoms with Gasteiger partial charge in [0.15, 0.2) is 0 Å². The van der Waals surface area contributed by atoms with Crippen molar-refractivity contribution in [3.8, 4) is 6.07 Å². The van der Waals surface area contributed by atoms with Gasteiger partial charge in [-0.25, -0.2) is 4.98 Å². The SMILES string of the molecule is Cc1cccc(Cn2c(N)nc3c(C#N)cccc32)n1. The minimum absolute atomic E-state index is 0.394. The van der Waals surface area contributed by atoms with Gasteiger partial charge in [0.05, 0.1) is 23.3 Å². The zero-order valence-corrected chi connectivity index (χ0v) is 11.0. The lowest BCUT2D eigenvalue weighted by Crippen LogP contribution is -2.06. The summed E-state index contributed by atoms with van der Waals surface area (Å²) in [5.41, 5.74) is 9.88. The predicted octanol–water partition coefficient (Wildman–Crippen LogP) is 2.24. The van der Waals surface area contributed by atoms with Gasteiger partial charge in [0.25, 0.3) is 0 Å². The molecule has 0 amide bonds. The van der Waals surface area contributed by atoms with Crippen LogP contribution in [0.15, 0.2) is 36.4 Å². The van der Waals surface area contributed by atoms with Crippen molar-refractivity contribution in [2.75, 3.05) is 5.73 Å². The third-order valence-electron chi connectivity index (χ3n) is 3.19. The number of hydrogen-bond donors (Lipinski definition) is 1. The summed E-state index contributed by atoms with van der Waals surface area (Å²) in [6.07, 6.45) is 0. The van der Waals surface area contributed by atoms with Gasteiger partial charge in [-0.3, -0.25) is 4.98 Å². The highest BCUT2D eigenvalue weighted by molar-refractivity contribution is 5.84. The number of nitrogens with two attached hydrogens (primary N) is 1. The summed E-state index contributed by atoms with van der Waals surface area (Å²) < 4.78 is 1.87. The summed E-state index contributed by atoms with van der Waals surface area (Å²) in [6, 6.07) is 13.5. The van der Waals surface area contributed by atoms with E-state index in [-0.39, 0.29) is 0 Å². The molecule has 0 spiro atoms. The second-order valence-electron chi connectivity index (χ2n) is 4.61. The van der Waals surface area contributed by atoms with Crippen LogP contribution in [0.2, 0.25) is 0 Å². The molecule has 5 heteroatoms. The summed E-state index contributed by atoms with van der Waals surface area (Å²) in [4.78, 5) is 8.76. The number of nitrogen functional groups attached to an aromatic ring is 1. The smallest absolute Gasteiger partial charge is 0.201 e. The molecule has 3 rings (SSSR count). The Morgan fingerprint density at radius 2 is 2.00 bits per heavy atom. The number of rotatable bonds is 2. The molecule has 0 aliphatic rings. The van der Waals surface area contributed by atoms with Gasteiger partial charge in [0, 0.05) is 5.69 Å². The summed E-state index contributed by atoms with van der Waals surface area (Å²) in [5.74, 6) is 0.394. The van der Waals surface area contributed by atoms with Crippen molar-refractivity contribution < 1.29 is 0 Å². The molecule has 2 heterocycles. The van der Waals surface area contributed by atoms with Gasteiger partial charge in [-0.15, -0.1) is 0 Å². The van der Waals surface area contributed by atoms with Gasteiger partial charge >= 0.3 is 0 Å². The Morgan fingerprint density at radius 3 is 2.75 bits per heavy atom. The first kappa shape index (κ1) is 12.2. The van der Waals surface area contributed by atoms with E-state index in [1.807, 2.05) is 41.8 Å². The van der Waals surface area contributed by atoms with Crippen molar-refractivity contribution in [3.05, 3.63) is 53.3 Å². The molecule has 3 aromatic rings. The molecule has 2 aromatic heterocycles. The van der Waals surface area contributed by atoms with Gasteiger partial charge in [0.1, 0.15) is 11.6 Å². The van der Waals surface area contributed by atoms with E-state index in [1.165, 1.54) is 0 Å². The first-order valence-electron chi connectivity index (χ1n) is 6.26. The molecule has 5 nitrogen and oxygen atoms in total. The molecule has 0 radical (unpaired) electrons. The Morgan fingerprint density at radius 1 is 1.20 bits per heavy atom. The van der Waals surface area contributed by atoms with Crippen LogP contribution in [-0.4, -0.2) is 14.5 Å². The van der Waals surface area contributed by atoms with E-state index >= 15 is 0 Å². The van der Waals surface area contributed by atoms with Crippen LogP contribution in [0.4, 0.5) is 5.95 Å². The van der Waals surface area contributed by atoms with Gasteiger partial charge in [0.2, 0.25) is 5.95 Å². The highest BCUT2D eigenvalue weighted by atomic mass is 15.2. The third-order valence-corrected chi connectivity index (χ3v) is 3.19. The van der Waals surface area contributed by atoms with Crippen molar-refractivity contribution in [1.29, 1.82) is 5.26 Å². The summed E-state index contributed by atoms with van der Waals surface area (Å²) in [6.45, 7) is 2.49. The molecule has 0 atom stereocenters. The number of anilines is 1. The fraction of sp³-hybridized carbons (Fsp3) is 0.133. The first-order valence-corrected chi connectivity index (χ1v) is 6.26. The maximum Gasteiger partial charge on any atom is 0.201 e. The molecule has 0 fully saturated rings. The van der Waals surface area contributed by atoms with Crippen molar-refractivity contribution in [1.82, 2.24) is 14.5 Å². The first-order chi connectivity index (χ1) is 9.69. The number of aryl methyl sites for hydroxylation is 1. The number of imidazole rings is 1. The second kappa shape index (κ2) is 4.67. The van der Waals surface area contributed by atoms with Crippen molar-refractivity contribution in [3.63, 3.8) is 0 Å². The van der Waals surface area contributed by atoms with Crippen LogP contribution in [-0.2, 0) is 6.54 Å². The minimum Gasteiger partial charge on any atom is -0.369 e. The normalized spacial score (nSPS) is 10.6. The lowest BCUT2D eigenvalue weighted by molar-refractivity contribution is 0.804. The van der Waals surface area contributed by atoms with E-state index in [4.69, 9.17) is 11.0 Å². The maximum atomic E-state index is 9.11. The van der Waals surface area contributed by atoms with E-state index in [0.717, 1.165) is 16.9 Å². The highest BCUT2D eigenvalue weighted by Crippen LogP contribution is 2.21. The Hall–Kier alpha value is -2.87. The zero-order chi connectivity index (χ0) is 14.1. The fourth-order valence-electron chi connectivity index (χ4n) is 2.27. The highest BCUT2D eigenvalue weighted by Gasteiger charge is 2.12. The van der Waals surface area contributed by atoms with Gasteiger partial charge < -0.3 is 10.3 Å². The molecule has 0 saturated carbocycles. The predicted molar refractivity (Wildman–Crippen MR) is 76.9 cm³/mol. The van der Waals surface area contributed by atoms with Crippen molar-refractivity contribution in [2.24, 2.45) is 0 Å².